The molecule has 11 heteroatoms. The number of aromatic nitrogens is 4. The van der Waals surface area contributed by atoms with E-state index in [-0.39, 0.29) is 34.8 Å². The summed E-state index contributed by atoms with van der Waals surface area (Å²) in [5.74, 6) is 0.555. The second kappa shape index (κ2) is 12.2. The van der Waals surface area contributed by atoms with E-state index in [2.05, 4.69) is 28.0 Å². The molecular formula is C32H33FN8O2. The Bertz CT molecular complexity index is 1710. The minimum Gasteiger partial charge on any atom is -0.457 e. The Kier molecular flexibility index (Phi) is 8.03. The van der Waals surface area contributed by atoms with Crippen molar-refractivity contribution < 1.29 is 13.9 Å². The van der Waals surface area contributed by atoms with Gasteiger partial charge >= 0.3 is 0 Å². The van der Waals surface area contributed by atoms with Gasteiger partial charge in [0.15, 0.2) is 5.65 Å². The van der Waals surface area contributed by atoms with Gasteiger partial charge in [0, 0.05) is 24.7 Å². The average Bonchev–Trinajstić information content (AvgIpc) is 3.42. The Balaban J connectivity index is 1.28. The molecule has 43 heavy (non-hydrogen) atoms. The molecule has 0 saturated carbocycles. The number of fused-ring (bicyclic) bond motifs is 1. The Morgan fingerprint density at radius 1 is 1.09 bits per heavy atom. The highest BCUT2D eigenvalue weighted by Crippen LogP contribution is 2.36. The maximum absolute atomic E-state index is 15.6. The fraction of sp³-hybridized carbons (Fsp3) is 0.344. The van der Waals surface area contributed by atoms with Crippen LogP contribution in [0.25, 0.3) is 22.3 Å². The van der Waals surface area contributed by atoms with Crippen LogP contribution < -0.4 is 10.5 Å². The first-order valence-corrected chi connectivity index (χ1v) is 14.5. The summed E-state index contributed by atoms with van der Waals surface area (Å²) in [7, 11) is 2.08. The number of carbonyl (C=O) groups excluding carboxylic acids is 1. The predicted octanol–water partition coefficient (Wildman–Crippen LogP) is 4.96. The molecule has 4 aromatic rings. The molecule has 4 heterocycles. The van der Waals surface area contributed by atoms with Crippen LogP contribution in [0.5, 0.6) is 11.5 Å². The van der Waals surface area contributed by atoms with Crippen molar-refractivity contribution in [1.29, 1.82) is 5.26 Å². The summed E-state index contributed by atoms with van der Waals surface area (Å²) in [6, 6.07) is 15.7. The van der Waals surface area contributed by atoms with Crippen molar-refractivity contribution in [1.82, 2.24) is 29.5 Å². The number of nitrogen functional groups attached to an aromatic ring is 1. The molecule has 2 aliphatic heterocycles. The molecule has 0 bridgehead atoms. The first-order chi connectivity index (χ1) is 20.9. The zero-order valence-corrected chi connectivity index (χ0v) is 24.0. The number of nitrogens with zero attached hydrogens (tertiary/aromatic N) is 7. The molecule has 6 rings (SSSR count). The molecule has 2 fully saturated rings. The van der Waals surface area contributed by atoms with E-state index in [1.807, 2.05) is 24.3 Å². The number of amides is 1. The maximum Gasteiger partial charge on any atom is 0.264 e. The molecule has 2 N–H and O–H groups in total. The van der Waals surface area contributed by atoms with E-state index in [0.717, 1.165) is 38.8 Å². The second-order valence-electron chi connectivity index (χ2n) is 11.2. The van der Waals surface area contributed by atoms with Crippen molar-refractivity contribution in [3.63, 3.8) is 0 Å². The van der Waals surface area contributed by atoms with Gasteiger partial charge in [-0.3, -0.25) is 4.79 Å². The van der Waals surface area contributed by atoms with Gasteiger partial charge in [-0.2, -0.15) is 10.4 Å². The van der Waals surface area contributed by atoms with Crippen LogP contribution in [0.3, 0.4) is 0 Å². The lowest BCUT2D eigenvalue weighted by Crippen LogP contribution is -2.41. The largest absolute Gasteiger partial charge is 0.457 e. The van der Waals surface area contributed by atoms with Gasteiger partial charge in [0.25, 0.3) is 5.91 Å². The number of hydrogen-bond acceptors (Lipinski definition) is 8. The Morgan fingerprint density at radius 3 is 2.63 bits per heavy atom. The number of ether oxygens (including phenoxy) is 1. The third-order valence-corrected chi connectivity index (χ3v) is 8.24. The first kappa shape index (κ1) is 28.3. The number of nitriles is 1. The summed E-state index contributed by atoms with van der Waals surface area (Å²) in [4.78, 5) is 26.1. The second-order valence-corrected chi connectivity index (χ2v) is 11.2. The van der Waals surface area contributed by atoms with Gasteiger partial charge in [-0.05, 0) is 76.0 Å². The summed E-state index contributed by atoms with van der Waals surface area (Å²) >= 11 is 0. The van der Waals surface area contributed by atoms with E-state index >= 15 is 4.39 Å². The number of allylic oxidation sites excluding steroid dienone is 1. The van der Waals surface area contributed by atoms with Crippen LogP contribution in [0.2, 0.25) is 0 Å². The maximum atomic E-state index is 15.6. The normalized spacial score (nSPS) is 18.5. The molecule has 220 valence electrons. The molecular weight excluding hydrogens is 547 g/mol. The molecule has 1 amide bonds. The average molecular weight is 581 g/mol. The topological polar surface area (TPSA) is 126 Å². The summed E-state index contributed by atoms with van der Waals surface area (Å²) < 4.78 is 23.1. The van der Waals surface area contributed by atoms with Crippen LogP contribution in [-0.2, 0) is 4.79 Å². The minimum atomic E-state index is -0.526. The van der Waals surface area contributed by atoms with E-state index in [4.69, 9.17) is 15.6 Å². The Hall–Kier alpha value is -4.82. The number of benzene rings is 2. The first-order valence-electron chi connectivity index (χ1n) is 14.5. The molecule has 2 saturated heterocycles. The molecule has 0 aliphatic carbocycles. The van der Waals surface area contributed by atoms with Crippen LogP contribution >= 0.6 is 0 Å². The van der Waals surface area contributed by atoms with Gasteiger partial charge in [0.05, 0.1) is 11.4 Å². The number of anilines is 1. The van der Waals surface area contributed by atoms with Crippen LogP contribution in [0.1, 0.15) is 31.7 Å². The summed E-state index contributed by atoms with van der Waals surface area (Å²) in [5, 5.41) is 15.1. The van der Waals surface area contributed by atoms with E-state index in [0.29, 0.717) is 41.3 Å². The van der Waals surface area contributed by atoms with Crippen molar-refractivity contribution in [3.05, 3.63) is 72.3 Å². The highest BCUT2D eigenvalue weighted by Gasteiger charge is 2.31. The van der Waals surface area contributed by atoms with Gasteiger partial charge in [-0.15, -0.1) is 0 Å². The number of likely N-dealkylation sites (tertiary alicyclic amines) is 2. The molecule has 0 radical (unpaired) electrons. The van der Waals surface area contributed by atoms with Crippen LogP contribution in [0, 0.1) is 23.1 Å². The third-order valence-electron chi connectivity index (χ3n) is 8.24. The van der Waals surface area contributed by atoms with E-state index in [1.165, 1.54) is 12.4 Å². The molecule has 1 atom stereocenters. The molecule has 2 aromatic heterocycles. The zero-order chi connectivity index (χ0) is 29.9. The lowest BCUT2D eigenvalue weighted by molar-refractivity contribution is -0.128. The lowest BCUT2D eigenvalue weighted by atomic mass is 9.94. The molecule has 2 aliphatic rings. The number of para-hydroxylation sites is 1. The number of rotatable bonds is 6. The summed E-state index contributed by atoms with van der Waals surface area (Å²) in [6.07, 6.45) is 6.52. The van der Waals surface area contributed by atoms with Gasteiger partial charge in [0.1, 0.15) is 46.8 Å². The fourth-order valence-corrected chi connectivity index (χ4v) is 5.91. The smallest absolute Gasteiger partial charge is 0.264 e. The molecule has 0 spiro atoms. The fourth-order valence-electron chi connectivity index (χ4n) is 5.91. The lowest BCUT2D eigenvalue weighted by Gasteiger charge is -2.33. The van der Waals surface area contributed by atoms with Gasteiger partial charge in [-0.1, -0.05) is 24.3 Å². The Labute approximate surface area is 249 Å². The van der Waals surface area contributed by atoms with Crippen molar-refractivity contribution in [2.75, 3.05) is 39.0 Å². The SMILES string of the molecule is CN1CCC(C=C(C#N)C(=O)N2CCC[C@@H](n3nc(-c4ccc(Oc5ccccc5)cc4F)c4c(N)ncnc43)C2)CC1. The van der Waals surface area contributed by atoms with E-state index in [9.17, 15) is 10.1 Å². The van der Waals surface area contributed by atoms with Crippen LogP contribution in [0.15, 0.2) is 66.5 Å². The van der Waals surface area contributed by atoms with Gasteiger partial charge in [0.2, 0.25) is 0 Å². The number of carbonyl (C=O) groups is 1. The van der Waals surface area contributed by atoms with E-state index < -0.39 is 5.82 Å². The Morgan fingerprint density at radius 2 is 1.88 bits per heavy atom. The molecule has 10 nitrogen and oxygen atoms in total. The standard InChI is InChI=1S/C32H33FN8O2/c1-39-14-11-21(12-15-39)16-22(18-34)32(42)40-13-5-6-23(19-40)41-31-28(30(35)36-20-37-31)29(38-41)26-10-9-25(17-27(26)33)43-24-7-3-2-4-8-24/h2-4,7-10,16-17,20-21,23H,5-6,11-15,19H2,1H3,(H2,35,36,37)/t23-/m1/s1. The van der Waals surface area contributed by atoms with Crippen molar-refractivity contribution in [3.8, 4) is 28.8 Å². The molecule has 2 aromatic carbocycles. The van der Waals surface area contributed by atoms with Gasteiger partial charge < -0.3 is 20.3 Å². The van der Waals surface area contributed by atoms with Crippen LogP contribution in [0.4, 0.5) is 10.2 Å². The van der Waals surface area contributed by atoms with Crippen molar-refractivity contribution >= 4 is 22.8 Å². The number of hydrogen-bond donors (Lipinski definition) is 1. The third kappa shape index (κ3) is 5.92. The number of halogens is 1. The highest BCUT2D eigenvalue weighted by molar-refractivity contribution is 5.99. The van der Waals surface area contributed by atoms with Crippen molar-refractivity contribution in [2.45, 2.75) is 31.7 Å². The highest BCUT2D eigenvalue weighted by atomic mass is 19.1. The summed E-state index contributed by atoms with van der Waals surface area (Å²) in [5.41, 5.74) is 7.50. The van der Waals surface area contributed by atoms with Crippen LogP contribution in [-0.4, -0.2) is 68.7 Å². The summed E-state index contributed by atoms with van der Waals surface area (Å²) in [6.45, 7) is 2.78. The zero-order valence-electron chi connectivity index (χ0n) is 24.0. The number of piperidine rings is 2. The quantitative estimate of drug-likeness (QED) is 0.251. The molecule has 0 unspecified atom stereocenters. The minimum absolute atomic E-state index is 0.187. The monoisotopic (exact) mass is 580 g/mol. The van der Waals surface area contributed by atoms with Crippen molar-refractivity contribution in [2.24, 2.45) is 5.92 Å². The van der Waals surface area contributed by atoms with E-state index in [1.54, 1.807) is 33.8 Å². The van der Waals surface area contributed by atoms with Gasteiger partial charge in [-0.25, -0.2) is 19.0 Å². The number of nitrogens with two attached hydrogens (primary N) is 1. The predicted molar refractivity (Wildman–Crippen MR) is 160 cm³/mol.